The van der Waals surface area contributed by atoms with E-state index < -0.39 is 11.7 Å². The molecule has 2 aromatic rings. The molecule has 0 amide bonds. The molecule has 3 nitrogen and oxygen atoms in total. The summed E-state index contributed by atoms with van der Waals surface area (Å²) in [7, 11) is 0. The highest BCUT2D eigenvalue weighted by Gasteiger charge is 2.29. The predicted octanol–water partition coefficient (Wildman–Crippen LogP) is 2.55. The molecule has 110 valence electrons. The lowest BCUT2D eigenvalue weighted by molar-refractivity contribution is -0.137. The van der Waals surface area contributed by atoms with Gasteiger partial charge in [-0.3, -0.25) is 4.79 Å². The van der Waals surface area contributed by atoms with E-state index in [2.05, 4.69) is 0 Å². The van der Waals surface area contributed by atoms with E-state index in [4.69, 9.17) is 18.0 Å². The summed E-state index contributed by atoms with van der Waals surface area (Å²) in [4.78, 5) is 12.0. The van der Waals surface area contributed by atoms with Crippen molar-refractivity contribution in [2.75, 3.05) is 0 Å². The lowest BCUT2D eigenvalue weighted by atomic mass is 10.1. The minimum Gasteiger partial charge on any atom is -0.389 e. The van der Waals surface area contributed by atoms with Crippen molar-refractivity contribution in [3.05, 3.63) is 69.6 Å². The molecule has 0 unspecified atom stereocenters. The monoisotopic (exact) mass is 312 g/mol. The summed E-state index contributed by atoms with van der Waals surface area (Å²) in [5.41, 5.74) is 5.12. The standard InChI is InChI=1S/C14H11F3N2OS/c15-14(16,17)10-5-3-9(4-6-10)8-19-7-1-2-11(12(18)21)13(19)20/h1-7H,8H2,(H2,18,21). The van der Waals surface area contributed by atoms with Gasteiger partial charge >= 0.3 is 6.18 Å². The minimum absolute atomic E-state index is 0.0123. The number of aromatic nitrogens is 1. The van der Waals surface area contributed by atoms with E-state index in [0.29, 0.717) is 5.56 Å². The molecule has 0 spiro atoms. The normalized spacial score (nSPS) is 11.4. The number of benzene rings is 1. The molecule has 0 aliphatic rings. The molecule has 0 fully saturated rings. The summed E-state index contributed by atoms with van der Waals surface area (Å²) < 4.78 is 38.8. The first kappa shape index (κ1) is 15.2. The summed E-state index contributed by atoms with van der Waals surface area (Å²) in [6.07, 6.45) is -2.84. The van der Waals surface area contributed by atoms with Crippen LogP contribution in [0, 0.1) is 0 Å². The number of nitrogens with two attached hydrogens (primary N) is 1. The Balaban J connectivity index is 2.29. The first-order valence-corrected chi connectivity index (χ1v) is 6.35. The van der Waals surface area contributed by atoms with Gasteiger partial charge in [0, 0.05) is 6.20 Å². The van der Waals surface area contributed by atoms with Crippen molar-refractivity contribution in [1.82, 2.24) is 4.57 Å². The Morgan fingerprint density at radius 3 is 2.33 bits per heavy atom. The Labute approximate surface area is 123 Å². The van der Waals surface area contributed by atoms with Gasteiger partial charge in [-0.2, -0.15) is 13.2 Å². The summed E-state index contributed by atoms with van der Waals surface area (Å²) >= 11 is 4.77. The molecule has 1 heterocycles. The first-order chi connectivity index (χ1) is 9.79. The number of alkyl halides is 3. The number of thiocarbonyl (C=S) groups is 1. The van der Waals surface area contributed by atoms with Crippen molar-refractivity contribution < 1.29 is 13.2 Å². The van der Waals surface area contributed by atoms with E-state index in [1.54, 1.807) is 6.07 Å². The van der Waals surface area contributed by atoms with Crippen molar-refractivity contribution in [3.63, 3.8) is 0 Å². The number of hydrogen-bond donors (Lipinski definition) is 1. The van der Waals surface area contributed by atoms with Gasteiger partial charge in [0.05, 0.1) is 17.7 Å². The number of halogens is 3. The highest BCUT2D eigenvalue weighted by molar-refractivity contribution is 7.80. The number of hydrogen-bond acceptors (Lipinski definition) is 2. The quantitative estimate of drug-likeness (QED) is 0.886. The zero-order chi connectivity index (χ0) is 15.6. The second-order valence-corrected chi connectivity index (χ2v) is 4.85. The highest BCUT2D eigenvalue weighted by atomic mass is 32.1. The van der Waals surface area contributed by atoms with Crippen LogP contribution >= 0.6 is 12.2 Å². The second-order valence-electron chi connectivity index (χ2n) is 4.41. The molecule has 2 N–H and O–H groups in total. The molecule has 0 radical (unpaired) electrons. The average molecular weight is 312 g/mol. The molecule has 0 bridgehead atoms. The van der Waals surface area contributed by atoms with Gasteiger partial charge in [-0.05, 0) is 29.8 Å². The van der Waals surface area contributed by atoms with Crippen LogP contribution in [0.15, 0.2) is 47.4 Å². The lowest BCUT2D eigenvalue weighted by Gasteiger charge is -2.10. The Morgan fingerprint density at radius 2 is 1.81 bits per heavy atom. The molecule has 7 heteroatoms. The summed E-state index contributed by atoms with van der Waals surface area (Å²) in [5.74, 6) is 0. The van der Waals surface area contributed by atoms with Crippen LogP contribution in [0.5, 0.6) is 0 Å². The maximum Gasteiger partial charge on any atom is 0.416 e. The Morgan fingerprint density at radius 1 is 1.19 bits per heavy atom. The molecule has 0 saturated carbocycles. The van der Waals surface area contributed by atoms with Crippen molar-refractivity contribution in [2.24, 2.45) is 5.73 Å². The van der Waals surface area contributed by atoms with Gasteiger partial charge in [-0.1, -0.05) is 24.4 Å². The van der Waals surface area contributed by atoms with E-state index >= 15 is 0 Å². The SMILES string of the molecule is NC(=S)c1cccn(Cc2ccc(C(F)(F)F)cc2)c1=O. The molecule has 2 rings (SSSR count). The van der Waals surface area contributed by atoms with E-state index in [0.717, 1.165) is 12.1 Å². The van der Waals surface area contributed by atoms with Crippen molar-refractivity contribution >= 4 is 17.2 Å². The van der Waals surface area contributed by atoms with Gasteiger partial charge < -0.3 is 10.3 Å². The fourth-order valence-corrected chi connectivity index (χ4v) is 2.00. The van der Waals surface area contributed by atoms with Crippen LogP contribution in [-0.4, -0.2) is 9.56 Å². The van der Waals surface area contributed by atoms with Crippen LogP contribution in [-0.2, 0) is 12.7 Å². The van der Waals surface area contributed by atoms with Gasteiger partial charge in [0.1, 0.15) is 4.99 Å². The van der Waals surface area contributed by atoms with Crippen LogP contribution in [0.4, 0.5) is 13.2 Å². The second kappa shape index (κ2) is 5.69. The Hall–Kier alpha value is -2.15. The maximum absolute atomic E-state index is 12.5. The smallest absolute Gasteiger partial charge is 0.389 e. The highest BCUT2D eigenvalue weighted by Crippen LogP contribution is 2.29. The zero-order valence-corrected chi connectivity index (χ0v) is 11.5. The largest absolute Gasteiger partial charge is 0.416 e. The molecule has 0 aliphatic carbocycles. The fourth-order valence-electron chi connectivity index (χ4n) is 1.84. The summed E-state index contributed by atoms with van der Waals surface area (Å²) in [5, 5.41) is 0. The fraction of sp³-hybridized carbons (Fsp3) is 0.143. The Bertz CT molecular complexity index is 720. The van der Waals surface area contributed by atoms with Gasteiger partial charge in [-0.25, -0.2) is 0 Å². The molecule has 1 aromatic heterocycles. The van der Waals surface area contributed by atoms with Crippen LogP contribution in [0.25, 0.3) is 0 Å². The van der Waals surface area contributed by atoms with E-state index in [1.807, 2.05) is 0 Å². The van der Waals surface area contributed by atoms with Gasteiger partial charge in [-0.15, -0.1) is 0 Å². The average Bonchev–Trinajstić information content (AvgIpc) is 2.40. The zero-order valence-electron chi connectivity index (χ0n) is 10.7. The van der Waals surface area contributed by atoms with Gasteiger partial charge in [0.25, 0.3) is 5.56 Å². The molecular weight excluding hydrogens is 301 g/mol. The summed E-state index contributed by atoms with van der Waals surface area (Å²) in [6, 6.07) is 7.76. The molecule has 0 aliphatic heterocycles. The predicted molar refractivity (Wildman–Crippen MR) is 77.1 cm³/mol. The third-order valence-electron chi connectivity index (χ3n) is 2.92. The molecule has 0 saturated heterocycles. The molecule has 1 aromatic carbocycles. The van der Waals surface area contributed by atoms with Crippen LogP contribution < -0.4 is 11.3 Å². The third kappa shape index (κ3) is 3.49. The van der Waals surface area contributed by atoms with E-state index in [-0.39, 0.29) is 22.7 Å². The van der Waals surface area contributed by atoms with Gasteiger partial charge in [0.2, 0.25) is 0 Å². The summed E-state index contributed by atoms with van der Waals surface area (Å²) in [6.45, 7) is 0.146. The van der Waals surface area contributed by atoms with Crippen molar-refractivity contribution in [2.45, 2.75) is 12.7 Å². The molecular formula is C14H11F3N2OS. The third-order valence-corrected chi connectivity index (χ3v) is 3.14. The van der Waals surface area contributed by atoms with Crippen LogP contribution in [0.2, 0.25) is 0 Å². The minimum atomic E-state index is -4.37. The molecule has 0 atom stereocenters. The molecule has 21 heavy (non-hydrogen) atoms. The topological polar surface area (TPSA) is 48.0 Å². The Kier molecular flexibility index (Phi) is 4.13. The lowest BCUT2D eigenvalue weighted by Crippen LogP contribution is -2.28. The number of pyridine rings is 1. The van der Waals surface area contributed by atoms with Crippen molar-refractivity contribution in [3.8, 4) is 0 Å². The number of rotatable bonds is 3. The maximum atomic E-state index is 12.5. The number of nitrogens with zero attached hydrogens (tertiary/aromatic N) is 1. The van der Waals surface area contributed by atoms with E-state index in [1.165, 1.54) is 29.0 Å². The van der Waals surface area contributed by atoms with Crippen LogP contribution in [0.1, 0.15) is 16.7 Å². The van der Waals surface area contributed by atoms with Crippen molar-refractivity contribution in [1.29, 1.82) is 0 Å². The van der Waals surface area contributed by atoms with Crippen LogP contribution in [0.3, 0.4) is 0 Å². The van der Waals surface area contributed by atoms with Gasteiger partial charge in [0.15, 0.2) is 0 Å². The first-order valence-electron chi connectivity index (χ1n) is 5.94. The van der Waals surface area contributed by atoms with E-state index in [9.17, 15) is 18.0 Å².